The highest BCUT2D eigenvalue weighted by Gasteiger charge is 2.33. The zero-order valence-corrected chi connectivity index (χ0v) is 17.6. The van der Waals surface area contributed by atoms with Crippen molar-refractivity contribution in [3.05, 3.63) is 45.4 Å². The van der Waals surface area contributed by atoms with Crippen molar-refractivity contribution >= 4 is 5.91 Å². The first-order valence-electron chi connectivity index (χ1n) is 11.3. The molecule has 0 spiro atoms. The minimum Gasteiger partial charge on any atom is -0.327 e. The SMILES string of the molecule is Cn1ccc(C(=O)N2CCCC[C@H]2c2nc3c(c(=O)[nH]2)CCN(C2CCCC2)C3)n1. The number of aromatic amines is 1. The van der Waals surface area contributed by atoms with Gasteiger partial charge < -0.3 is 9.88 Å². The van der Waals surface area contributed by atoms with Gasteiger partial charge in [-0.1, -0.05) is 12.8 Å². The number of nitrogens with zero attached hydrogens (tertiary/aromatic N) is 5. The van der Waals surface area contributed by atoms with E-state index in [4.69, 9.17) is 4.98 Å². The van der Waals surface area contributed by atoms with Gasteiger partial charge in [-0.15, -0.1) is 0 Å². The van der Waals surface area contributed by atoms with E-state index in [0.29, 0.717) is 24.1 Å². The van der Waals surface area contributed by atoms with E-state index in [9.17, 15) is 9.59 Å². The Morgan fingerprint density at radius 3 is 2.70 bits per heavy atom. The summed E-state index contributed by atoms with van der Waals surface area (Å²) in [5.74, 6) is 0.546. The van der Waals surface area contributed by atoms with Gasteiger partial charge in [0, 0.05) is 44.5 Å². The Morgan fingerprint density at radius 1 is 1.13 bits per heavy atom. The van der Waals surface area contributed by atoms with E-state index in [1.54, 1.807) is 16.9 Å². The highest BCUT2D eigenvalue weighted by atomic mass is 16.2. The van der Waals surface area contributed by atoms with Crippen LogP contribution in [-0.2, 0) is 20.0 Å². The molecule has 8 heteroatoms. The minimum atomic E-state index is -0.201. The van der Waals surface area contributed by atoms with Crippen LogP contribution in [0.2, 0.25) is 0 Å². The van der Waals surface area contributed by atoms with Gasteiger partial charge in [-0.3, -0.25) is 19.2 Å². The maximum absolute atomic E-state index is 13.1. The number of likely N-dealkylation sites (tertiary alicyclic amines) is 1. The third kappa shape index (κ3) is 3.57. The summed E-state index contributed by atoms with van der Waals surface area (Å²) in [6, 6.07) is 2.17. The average Bonchev–Trinajstić information content (AvgIpc) is 3.45. The number of hydrogen-bond donors (Lipinski definition) is 1. The zero-order chi connectivity index (χ0) is 20.7. The quantitative estimate of drug-likeness (QED) is 0.838. The summed E-state index contributed by atoms with van der Waals surface area (Å²) < 4.78 is 1.64. The number of H-pyrrole nitrogens is 1. The number of hydrogen-bond acceptors (Lipinski definition) is 5. The highest BCUT2D eigenvalue weighted by molar-refractivity contribution is 5.92. The Hall–Kier alpha value is -2.48. The van der Waals surface area contributed by atoms with Gasteiger partial charge in [-0.2, -0.15) is 5.10 Å². The van der Waals surface area contributed by atoms with E-state index in [1.165, 1.54) is 25.7 Å². The van der Waals surface area contributed by atoms with Crippen LogP contribution in [0.4, 0.5) is 0 Å². The summed E-state index contributed by atoms with van der Waals surface area (Å²) in [6.07, 6.45) is 10.4. The van der Waals surface area contributed by atoms with E-state index in [-0.39, 0.29) is 17.5 Å². The molecule has 1 amide bonds. The van der Waals surface area contributed by atoms with Crippen LogP contribution < -0.4 is 5.56 Å². The third-order valence-corrected chi connectivity index (χ3v) is 6.97. The smallest absolute Gasteiger partial charge is 0.274 e. The first-order valence-corrected chi connectivity index (χ1v) is 11.3. The molecule has 30 heavy (non-hydrogen) atoms. The van der Waals surface area contributed by atoms with E-state index in [2.05, 4.69) is 15.0 Å². The minimum absolute atomic E-state index is 0.0307. The fraction of sp³-hybridized carbons (Fsp3) is 0.636. The number of aryl methyl sites for hydroxylation is 1. The molecule has 5 rings (SSSR count). The average molecular weight is 411 g/mol. The molecule has 2 aromatic heterocycles. The van der Waals surface area contributed by atoms with Gasteiger partial charge in [0.15, 0.2) is 0 Å². The van der Waals surface area contributed by atoms with Crippen molar-refractivity contribution in [1.29, 1.82) is 0 Å². The number of fused-ring (bicyclic) bond motifs is 1. The summed E-state index contributed by atoms with van der Waals surface area (Å²) in [5, 5.41) is 4.28. The van der Waals surface area contributed by atoms with Gasteiger partial charge in [0.1, 0.15) is 11.5 Å². The number of carbonyl (C=O) groups excluding carboxylic acids is 1. The highest BCUT2D eigenvalue weighted by Crippen LogP contribution is 2.31. The van der Waals surface area contributed by atoms with Crippen LogP contribution in [0.1, 0.15) is 78.6 Å². The van der Waals surface area contributed by atoms with Crippen LogP contribution in [0.5, 0.6) is 0 Å². The molecule has 0 aromatic carbocycles. The van der Waals surface area contributed by atoms with Crippen molar-refractivity contribution in [2.75, 3.05) is 13.1 Å². The number of aromatic nitrogens is 4. The summed E-state index contributed by atoms with van der Waals surface area (Å²) >= 11 is 0. The molecule has 1 saturated heterocycles. The third-order valence-electron chi connectivity index (χ3n) is 6.97. The molecular weight excluding hydrogens is 380 g/mol. The second-order valence-corrected chi connectivity index (χ2v) is 8.92. The van der Waals surface area contributed by atoms with Crippen molar-refractivity contribution in [3.63, 3.8) is 0 Å². The Labute approximate surface area is 176 Å². The van der Waals surface area contributed by atoms with Crippen molar-refractivity contribution in [1.82, 2.24) is 29.5 Å². The fourth-order valence-electron chi connectivity index (χ4n) is 5.35. The van der Waals surface area contributed by atoms with Crippen LogP contribution in [0.15, 0.2) is 17.1 Å². The summed E-state index contributed by atoms with van der Waals surface area (Å²) in [6.45, 7) is 2.35. The summed E-state index contributed by atoms with van der Waals surface area (Å²) in [4.78, 5) is 38.3. The number of piperidine rings is 1. The summed E-state index contributed by atoms with van der Waals surface area (Å²) in [5.41, 5.74) is 2.14. The first-order chi connectivity index (χ1) is 14.6. The van der Waals surface area contributed by atoms with E-state index in [0.717, 1.165) is 50.0 Å². The second-order valence-electron chi connectivity index (χ2n) is 8.92. The largest absolute Gasteiger partial charge is 0.327 e. The molecule has 4 heterocycles. The number of rotatable bonds is 3. The van der Waals surface area contributed by atoms with Gasteiger partial charge in [-0.25, -0.2) is 4.98 Å². The molecule has 160 valence electrons. The van der Waals surface area contributed by atoms with Gasteiger partial charge in [-0.05, 0) is 44.6 Å². The van der Waals surface area contributed by atoms with Crippen LogP contribution in [0, 0.1) is 0 Å². The van der Waals surface area contributed by atoms with Gasteiger partial charge >= 0.3 is 0 Å². The number of nitrogens with one attached hydrogen (secondary N) is 1. The predicted octanol–water partition coefficient (Wildman–Crippen LogP) is 2.17. The van der Waals surface area contributed by atoms with Crippen LogP contribution in [0.25, 0.3) is 0 Å². The topological polar surface area (TPSA) is 87.1 Å². The lowest BCUT2D eigenvalue weighted by Crippen LogP contribution is -2.43. The maximum atomic E-state index is 13.1. The Kier molecular flexibility index (Phi) is 5.18. The van der Waals surface area contributed by atoms with Gasteiger partial charge in [0.25, 0.3) is 11.5 Å². The van der Waals surface area contributed by atoms with E-state index < -0.39 is 0 Å². The summed E-state index contributed by atoms with van der Waals surface area (Å²) in [7, 11) is 1.81. The van der Waals surface area contributed by atoms with Crippen molar-refractivity contribution in [2.24, 2.45) is 7.05 Å². The van der Waals surface area contributed by atoms with Crippen LogP contribution in [0.3, 0.4) is 0 Å². The molecule has 1 aliphatic carbocycles. The van der Waals surface area contributed by atoms with Crippen molar-refractivity contribution in [3.8, 4) is 0 Å². The molecule has 2 fully saturated rings. The standard InChI is InChI=1S/C22H30N6O2/c1-26-12-10-17(25-26)22(30)28-11-5-4-8-19(28)20-23-18-14-27(15-6-2-3-7-15)13-9-16(18)21(29)24-20/h10,12,15,19H,2-9,11,13-14H2,1H3,(H,23,24,29)/t19-/m0/s1. The van der Waals surface area contributed by atoms with E-state index >= 15 is 0 Å². The Bertz CT molecular complexity index is 990. The second kappa shape index (κ2) is 7.98. The molecule has 1 atom stereocenters. The number of carbonyl (C=O) groups is 1. The zero-order valence-electron chi connectivity index (χ0n) is 17.6. The predicted molar refractivity (Wildman–Crippen MR) is 112 cm³/mol. The molecule has 2 aliphatic heterocycles. The van der Waals surface area contributed by atoms with Gasteiger partial charge in [0.2, 0.25) is 0 Å². The molecule has 0 radical (unpaired) electrons. The van der Waals surface area contributed by atoms with Crippen molar-refractivity contribution in [2.45, 2.75) is 70.0 Å². The molecule has 0 unspecified atom stereocenters. The Morgan fingerprint density at radius 2 is 1.93 bits per heavy atom. The lowest BCUT2D eigenvalue weighted by Gasteiger charge is -2.36. The molecule has 1 saturated carbocycles. The monoisotopic (exact) mass is 410 g/mol. The first kappa shape index (κ1) is 19.5. The van der Waals surface area contributed by atoms with Crippen LogP contribution in [-0.4, -0.2) is 54.6 Å². The molecule has 1 N–H and O–H groups in total. The fourth-order valence-corrected chi connectivity index (χ4v) is 5.35. The lowest BCUT2D eigenvalue weighted by atomic mass is 9.99. The van der Waals surface area contributed by atoms with Crippen LogP contribution >= 0.6 is 0 Å². The molecule has 0 bridgehead atoms. The molecule has 3 aliphatic rings. The maximum Gasteiger partial charge on any atom is 0.274 e. The van der Waals surface area contributed by atoms with Gasteiger partial charge in [0.05, 0.1) is 11.7 Å². The Balaban J connectivity index is 1.44. The normalized spacial score (nSPS) is 23.0. The lowest BCUT2D eigenvalue weighted by molar-refractivity contribution is 0.0591. The molecule has 8 nitrogen and oxygen atoms in total. The molecule has 2 aromatic rings. The molecular formula is C22H30N6O2. The van der Waals surface area contributed by atoms with Crippen molar-refractivity contribution < 1.29 is 4.79 Å². The number of amides is 1. The van der Waals surface area contributed by atoms with E-state index in [1.807, 2.05) is 11.9 Å².